The number of aliphatic carboxylic acids is 2. The molecule has 48 heavy (non-hydrogen) atoms. The van der Waals surface area contributed by atoms with Crippen molar-refractivity contribution in [3.05, 3.63) is 59.7 Å². The van der Waals surface area contributed by atoms with E-state index in [9.17, 15) is 19.5 Å². The van der Waals surface area contributed by atoms with E-state index in [0.29, 0.717) is 58.7 Å². The van der Waals surface area contributed by atoms with E-state index < -0.39 is 24.1 Å². The van der Waals surface area contributed by atoms with E-state index >= 15 is 0 Å². The summed E-state index contributed by atoms with van der Waals surface area (Å²) in [6, 6.07) is 14.9. The minimum atomic E-state index is -1.00. The number of para-hydroxylation sites is 2. The summed E-state index contributed by atoms with van der Waals surface area (Å²) in [5, 5.41) is 17.7. The maximum absolute atomic E-state index is 13.4. The standard InChI is InChI=1S/C29H40N2O5.C6H14N4O2/c1-3-5-6-7-10-17-30(22-28(32)31-18-19-36-26-12-9-8-11-25(26)31)21-24-15-13-23(14-16-24)20-27(29(33)34)35-4-2;7-4(5(11)12)2-1-3-10-6(8)9/h8-9,11-16,27H,3-7,10,17-22H2,1-2H3,(H,33,34);4H,1-3,7H2,(H,11,12)(H4,8,9,10). The average Bonchev–Trinajstić information content (AvgIpc) is 3.06. The lowest BCUT2D eigenvalue weighted by molar-refractivity contribution is -0.150. The Labute approximate surface area is 284 Å². The van der Waals surface area contributed by atoms with Crippen molar-refractivity contribution in [3.63, 3.8) is 0 Å². The van der Waals surface area contributed by atoms with Gasteiger partial charge in [-0.2, -0.15) is 0 Å². The number of fused-ring (bicyclic) bond motifs is 1. The van der Waals surface area contributed by atoms with E-state index in [-0.39, 0.29) is 11.9 Å². The summed E-state index contributed by atoms with van der Waals surface area (Å²) in [6.07, 6.45) is 6.33. The van der Waals surface area contributed by atoms with E-state index in [1.54, 1.807) is 6.92 Å². The smallest absolute Gasteiger partial charge is 0.333 e. The topological polar surface area (TPSA) is 207 Å². The number of unbranched alkanes of at least 4 members (excludes halogenated alkanes) is 4. The predicted molar refractivity (Wildman–Crippen MR) is 187 cm³/mol. The molecule has 2 aromatic rings. The summed E-state index contributed by atoms with van der Waals surface area (Å²) < 4.78 is 11.1. The molecule has 0 aromatic heterocycles. The highest BCUT2D eigenvalue weighted by Gasteiger charge is 2.25. The van der Waals surface area contributed by atoms with Crippen molar-refractivity contribution in [2.75, 3.05) is 44.3 Å². The summed E-state index contributed by atoms with van der Waals surface area (Å²) in [5.41, 5.74) is 18.2. The van der Waals surface area contributed by atoms with Gasteiger partial charge in [-0.25, -0.2) is 4.79 Å². The number of hydrogen-bond acceptors (Lipinski definition) is 8. The Hall–Kier alpha value is -4.20. The van der Waals surface area contributed by atoms with Crippen LogP contribution in [0.25, 0.3) is 0 Å². The fourth-order valence-corrected chi connectivity index (χ4v) is 5.17. The van der Waals surface area contributed by atoms with Gasteiger partial charge in [0, 0.05) is 26.1 Å². The van der Waals surface area contributed by atoms with E-state index in [1.807, 2.05) is 53.4 Å². The maximum Gasteiger partial charge on any atom is 0.333 e. The molecule has 2 unspecified atom stereocenters. The van der Waals surface area contributed by atoms with Crippen molar-refractivity contribution < 1.29 is 34.1 Å². The molecule has 0 saturated heterocycles. The molecule has 1 heterocycles. The number of anilines is 1. The van der Waals surface area contributed by atoms with Crippen molar-refractivity contribution in [1.29, 1.82) is 0 Å². The molecule has 13 nitrogen and oxygen atoms in total. The van der Waals surface area contributed by atoms with Gasteiger partial charge in [-0.3, -0.25) is 19.5 Å². The van der Waals surface area contributed by atoms with E-state index in [2.05, 4.69) is 16.8 Å². The normalized spacial score (nSPS) is 13.4. The van der Waals surface area contributed by atoms with Crippen LogP contribution in [0.5, 0.6) is 5.75 Å². The molecule has 0 saturated carbocycles. The van der Waals surface area contributed by atoms with Crippen LogP contribution < -0.4 is 26.8 Å². The van der Waals surface area contributed by atoms with Gasteiger partial charge >= 0.3 is 11.9 Å². The first-order valence-electron chi connectivity index (χ1n) is 16.8. The number of hydrogen-bond donors (Lipinski definition) is 5. The van der Waals surface area contributed by atoms with Crippen molar-refractivity contribution >= 4 is 29.5 Å². The van der Waals surface area contributed by atoms with Crippen LogP contribution in [0.15, 0.2) is 53.5 Å². The van der Waals surface area contributed by atoms with Gasteiger partial charge in [0.05, 0.1) is 18.8 Å². The number of nitrogens with zero attached hydrogens (tertiary/aromatic N) is 3. The van der Waals surface area contributed by atoms with Gasteiger partial charge < -0.3 is 41.8 Å². The molecular formula is C35H54N6O7. The van der Waals surface area contributed by atoms with Gasteiger partial charge in [0.1, 0.15) is 18.4 Å². The Kier molecular flexibility index (Phi) is 18.6. The second-order valence-corrected chi connectivity index (χ2v) is 11.7. The molecule has 0 fully saturated rings. The first-order valence-corrected chi connectivity index (χ1v) is 16.8. The average molecular weight is 671 g/mol. The number of carbonyl (C=O) groups is 3. The Morgan fingerprint density at radius 1 is 0.958 bits per heavy atom. The number of carboxylic acids is 2. The first kappa shape index (κ1) is 40.0. The number of rotatable bonds is 20. The van der Waals surface area contributed by atoms with E-state index in [1.165, 1.54) is 19.3 Å². The molecular weight excluding hydrogens is 616 g/mol. The SMILES string of the molecule is CCCCCCCN(CC(=O)N1CCOc2ccccc21)Cc1ccc(CC(OCC)C(=O)O)cc1.NC(N)=NCCCC(N)C(=O)O. The fourth-order valence-electron chi connectivity index (χ4n) is 5.17. The predicted octanol–water partition coefficient (Wildman–Crippen LogP) is 3.37. The van der Waals surface area contributed by atoms with E-state index in [0.717, 1.165) is 42.0 Å². The van der Waals surface area contributed by atoms with Crippen LogP contribution in [0.1, 0.15) is 69.9 Å². The molecule has 2 atom stereocenters. The van der Waals surface area contributed by atoms with Gasteiger partial charge in [0.2, 0.25) is 5.91 Å². The number of ether oxygens (including phenoxy) is 2. The molecule has 0 spiro atoms. The second kappa shape index (κ2) is 22.4. The molecule has 0 aliphatic carbocycles. The van der Waals surface area contributed by atoms with Crippen molar-refractivity contribution in [3.8, 4) is 5.75 Å². The van der Waals surface area contributed by atoms with E-state index in [4.69, 9.17) is 31.8 Å². The van der Waals surface area contributed by atoms with Crippen LogP contribution in [-0.4, -0.2) is 90.5 Å². The zero-order valence-corrected chi connectivity index (χ0v) is 28.4. The molecule has 13 heteroatoms. The zero-order chi connectivity index (χ0) is 35.3. The molecule has 3 rings (SSSR count). The van der Waals surface area contributed by atoms with Gasteiger partial charge in [-0.15, -0.1) is 0 Å². The van der Waals surface area contributed by atoms with Crippen LogP contribution in [0, 0.1) is 0 Å². The van der Waals surface area contributed by atoms with Crippen molar-refractivity contribution in [2.45, 2.75) is 83.9 Å². The minimum Gasteiger partial charge on any atom is -0.490 e. The number of carboxylic acid groups (broad SMARTS) is 2. The maximum atomic E-state index is 13.4. The van der Waals surface area contributed by atoms with Gasteiger partial charge in [-0.1, -0.05) is 69.0 Å². The number of guanidine groups is 1. The highest BCUT2D eigenvalue weighted by atomic mass is 16.5. The summed E-state index contributed by atoms with van der Waals surface area (Å²) in [5.74, 6) is -1.10. The van der Waals surface area contributed by atoms with Crippen LogP contribution in [0.2, 0.25) is 0 Å². The summed E-state index contributed by atoms with van der Waals surface area (Å²) in [6.45, 7) is 7.71. The molecule has 266 valence electrons. The molecule has 0 bridgehead atoms. The largest absolute Gasteiger partial charge is 0.490 e. The highest BCUT2D eigenvalue weighted by molar-refractivity contribution is 5.96. The summed E-state index contributed by atoms with van der Waals surface area (Å²) in [7, 11) is 0. The molecule has 0 radical (unpaired) electrons. The van der Waals surface area contributed by atoms with Gasteiger partial charge in [0.15, 0.2) is 12.1 Å². The van der Waals surface area contributed by atoms with Crippen molar-refractivity contribution in [1.82, 2.24) is 4.90 Å². The molecule has 8 N–H and O–H groups in total. The molecule has 2 aromatic carbocycles. The number of aliphatic imine (C=N–C) groups is 1. The third-order valence-electron chi connectivity index (χ3n) is 7.74. The number of amides is 1. The lowest BCUT2D eigenvalue weighted by atomic mass is 10.1. The number of benzene rings is 2. The Balaban J connectivity index is 0.000000567. The fraction of sp³-hybridized carbons (Fsp3) is 0.543. The number of nitrogens with two attached hydrogens (primary N) is 3. The van der Waals surface area contributed by atoms with Crippen LogP contribution in [0.4, 0.5) is 5.69 Å². The second-order valence-electron chi connectivity index (χ2n) is 11.7. The summed E-state index contributed by atoms with van der Waals surface area (Å²) >= 11 is 0. The van der Waals surface area contributed by atoms with Crippen LogP contribution >= 0.6 is 0 Å². The highest BCUT2D eigenvalue weighted by Crippen LogP contribution is 2.31. The Morgan fingerprint density at radius 2 is 1.65 bits per heavy atom. The monoisotopic (exact) mass is 670 g/mol. The molecule has 1 aliphatic rings. The summed E-state index contributed by atoms with van der Waals surface area (Å²) in [4.78, 5) is 42.7. The Bertz CT molecular complexity index is 1290. The van der Waals surface area contributed by atoms with Crippen LogP contribution in [0.3, 0.4) is 0 Å². The number of carbonyl (C=O) groups excluding carboxylic acids is 1. The van der Waals surface area contributed by atoms with Gasteiger partial charge in [0.25, 0.3) is 0 Å². The zero-order valence-electron chi connectivity index (χ0n) is 28.4. The lowest BCUT2D eigenvalue weighted by Crippen LogP contribution is -2.44. The minimum absolute atomic E-state index is 0.0129. The van der Waals surface area contributed by atoms with Crippen molar-refractivity contribution in [2.24, 2.45) is 22.2 Å². The van der Waals surface area contributed by atoms with Gasteiger partial charge in [-0.05, 0) is 56.0 Å². The first-order chi connectivity index (χ1) is 23.0. The lowest BCUT2D eigenvalue weighted by Gasteiger charge is -2.31. The molecule has 1 amide bonds. The van der Waals surface area contributed by atoms with Crippen LogP contribution in [-0.2, 0) is 32.1 Å². The Morgan fingerprint density at radius 3 is 2.29 bits per heavy atom. The quantitative estimate of drug-likeness (QED) is 0.0784. The third-order valence-corrected chi connectivity index (χ3v) is 7.74. The third kappa shape index (κ3) is 15.1. The molecule has 1 aliphatic heterocycles.